The van der Waals surface area contributed by atoms with Crippen LogP contribution in [0.25, 0.3) is 0 Å². The Kier molecular flexibility index (Phi) is 5.88. The van der Waals surface area contributed by atoms with Gasteiger partial charge in [-0.05, 0) is 30.2 Å². The largest absolute Gasteiger partial charge is 0.393 e. The zero-order valence-corrected chi connectivity index (χ0v) is 12.9. The Morgan fingerprint density at radius 3 is 2.58 bits per heavy atom. The first-order valence-corrected chi connectivity index (χ1v) is 7.68. The van der Waals surface area contributed by atoms with E-state index < -0.39 is 6.10 Å². The molecule has 1 unspecified atom stereocenters. The van der Waals surface area contributed by atoms with Crippen molar-refractivity contribution in [3.63, 3.8) is 0 Å². The van der Waals surface area contributed by atoms with Crippen LogP contribution in [0.15, 0.2) is 29.2 Å². The van der Waals surface area contributed by atoms with Crippen molar-refractivity contribution >= 4 is 17.7 Å². The number of amides is 1. The van der Waals surface area contributed by atoms with Gasteiger partial charge in [0.15, 0.2) is 0 Å². The maximum atomic E-state index is 12.0. The summed E-state index contributed by atoms with van der Waals surface area (Å²) in [5.41, 5.74) is 0.544. The van der Waals surface area contributed by atoms with E-state index in [-0.39, 0.29) is 11.3 Å². The molecular weight excluding hydrogens is 258 g/mol. The number of hydrogen-bond donors (Lipinski definition) is 2. The molecule has 0 saturated heterocycles. The average Bonchev–Trinajstić information content (AvgIpc) is 2.37. The lowest BCUT2D eigenvalue weighted by Gasteiger charge is -2.25. The Bertz CT molecular complexity index is 426. The van der Waals surface area contributed by atoms with Crippen molar-refractivity contribution in [1.82, 2.24) is 5.32 Å². The fraction of sp³-hybridized carbons (Fsp3) is 0.533. The summed E-state index contributed by atoms with van der Waals surface area (Å²) < 4.78 is 0. The molecule has 2 N–H and O–H groups in total. The minimum Gasteiger partial charge on any atom is -0.393 e. The summed E-state index contributed by atoms with van der Waals surface area (Å²) in [6.07, 6.45) is 2.11. The van der Waals surface area contributed by atoms with E-state index in [0.717, 1.165) is 4.90 Å². The van der Waals surface area contributed by atoms with Crippen LogP contribution in [0.1, 0.15) is 37.6 Å². The first kappa shape index (κ1) is 16.1. The van der Waals surface area contributed by atoms with Gasteiger partial charge in [0.25, 0.3) is 5.91 Å². The first-order valence-electron chi connectivity index (χ1n) is 6.45. The standard InChI is InChI=1S/C15H23NO2S/c1-15(2,3)13(17)9-10-16-14(18)11-7-5-6-8-12(11)19-4/h5-8,13,17H,9-10H2,1-4H3,(H,16,18). The number of rotatable bonds is 5. The molecule has 0 aliphatic carbocycles. The molecule has 0 aliphatic heterocycles. The third kappa shape index (κ3) is 4.88. The van der Waals surface area contributed by atoms with Gasteiger partial charge in [0.2, 0.25) is 0 Å². The Morgan fingerprint density at radius 2 is 2.00 bits per heavy atom. The number of carbonyl (C=O) groups excluding carboxylic acids is 1. The van der Waals surface area contributed by atoms with Gasteiger partial charge in [-0.15, -0.1) is 11.8 Å². The van der Waals surface area contributed by atoms with Gasteiger partial charge in [-0.2, -0.15) is 0 Å². The van der Waals surface area contributed by atoms with E-state index in [9.17, 15) is 9.90 Å². The van der Waals surface area contributed by atoms with E-state index >= 15 is 0 Å². The van der Waals surface area contributed by atoms with Gasteiger partial charge in [-0.1, -0.05) is 32.9 Å². The van der Waals surface area contributed by atoms with Gasteiger partial charge in [0.05, 0.1) is 11.7 Å². The Labute approximate surface area is 119 Å². The van der Waals surface area contributed by atoms with Crippen LogP contribution in [0.2, 0.25) is 0 Å². The molecular formula is C15H23NO2S. The van der Waals surface area contributed by atoms with Crippen LogP contribution in [0.3, 0.4) is 0 Å². The number of thioether (sulfide) groups is 1. The van der Waals surface area contributed by atoms with Crippen molar-refractivity contribution in [2.24, 2.45) is 5.41 Å². The number of hydrogen-bond acceptors (Lipinski definition) is 3. The number of aliphatic hydroxyl groups excluding tert-OH is 1. The third-order valence-corrected chi connectivity index (χ3v) is 3.85. The van der Waals surface area contributed by atoms with Crippen molar-refractivity contribution < 1.29 is 9.90 Å². The third-order valence-electron chi connectivity index (χ3n) is 3.05. The lowest BCUT2D eigenvalue weighted by atomic mass is 9.87. The molecule has 0 aromatic heterocycles. The highest BCUT2D eigenvalue weighted by molar-refractivity contribution is 7.98. The predicted molar refractivity (Wildman–Crippen MR) is 80.6 cm³/mol. The SMILES string of the molecule is CSc1ccccc1C(=O)NCCC(O)C(C)(C)C. The van der Waals surface area contributed by atoms with Crippen molar-refractivity contribution in [3.8, 4) is 0 Å². The molecule has 0 saturated carbocycles. The number of carbonyl (C=O) groups is 1. The summed E-state index contributed by atoms with van der Waals surface area (Å²) in [6, 6.07) is 7.54. The minimum absolute atomic E-state index is 0.0777. The maximum absolute atomic E-state index is 12.0. The van der Waals surface area contributed by atoms with Crippen LogP contribution in [-0.4, -0.2) is 29.9 Å². The minimum atomic E-state index is -0.413. The Hall–Kier alpha value is -1.00. The topological polar surface area (TPSA) is 49.3 Å². The highest BCUT2D eigenvalue weighted by Crippen LogP contribution is 2.22. The van der Waals surface area contributed by atoms with Gasteiger partial charge in [0, 0.05) is 11.4 Å². The zero-order valence-electron chi connectivity index (χ0n) is 12.1. The fourth-order valence-corrected chi connectivity index (χ4v) is 2.28. The lowest BCUT2D eigenvalue weighted by Crippen LogP contribution is -2.32. The summed E-state index contributed by atoms with van der Waals surface area (Å²) in [5, 5.41) is 12.8. The fourth-order valence-electron chi connectivity index (χ4n) is 1.68. The van der Waals surface area contributed by atoms with Crippen molar-refractivity contribution in [2.75, 3.05) is 12.8 Å². The van der Waals surface area contributed by atoms with Gasteiger partial charge in [-0.25, -0.2) is 0 Å². The molecule has 0 fully saturated rings. The first-order chi connectivity index (χ1) is 8.86. The molecule has 19 heavy (non-hydrogen) atoms. The Balaban J connectivity index is 2.52. The molecule has 4 heteroatoms. The second-order valence-corrected chi connectivity index (χ2v) is 6.47. The number of aliphatic hydroxyl groups is 1. The van der Waals surface area contributed by atoms with E-state index in [2.05, 4.69) is 5.32 Å². The van der Waals surface area contributed by atoms with Crippen LogP contribution in [0, 0.1) is 5.41 Å². The lowest BCUT2D eigenvalue weighted by molar-refractivity contribution is 0.0551. The second kappa shape index (κ2) is 6.96. The smallest absolute Gasteiger partial charge is 0.252 e. The molecule has 1 amide bonds. The van der Waals surface area contributed by atoms with Crippen LogP contribution in [0.4, 0.5) is 0 Å². The normalized spacial score (nSPS) is 13.1. The molecule has 0 radical (unpaired) electrons. The Morgan fingerprint density at radius 1 is 1.37 bits per heavy atom. The molecule has 0 bridgehead atoms. The van der Waals surface area contributed by atoms with Crippen LogP contribution in [0.5, 0.6) is 0 Å². The highest BCUT2D eigenvalue weighted by Gasteiger charge is 2.21. The molecule has 1 rings (SSSR count). The zero-order chi connectivity index (χ0) is 14.5. The summed E-state index contributed by atoms with van der Waals surface area (Å²) in [4.78, 5) is 13.0. The van der Waals surface area contributed by atoms with Gasteiger partial charge >= 0.3 is 0 Å². The molecule has 1 aromatic rings. The van der Waals surface area contributed by atoms with Crippen molar-refractivity contribution in [2.45, 2.75) is 38.2 Å². The van der Waals surface area contributed by atoms with Gasteiger partial charge < -0.3 is 10.4 Å². The molecule has 0 heterocycles. The predicted octanol–water partition coefficient (Wildman–Crippen LogP) is 2.94. The van der Waals surface area contributed by atoms with Crippen molar-refractivity contribution in [3.05, 3.63) is 29.8 Å². The molecule has 1 aromatic carbocycles. The summed E-state index contributed by atoms with van der Waals surface area (Å²) in [6.45, 7) is 6.45. The van der Waals surface area contributed by atoms with E-state index in [1.54, 1.807) is 11.8 Å². The molecule has 106 valence electrons. The number of benzene rings is 1. The van der Waals surface area contributed by atoms with Gasteiger partial charge in [0.1, 0.15) is 0 Å². The van der Waals surface area contributed by atoms with E-state index in [0.29, 0.717) is 18.5 Å². The average molecular weight is 281 g/mol. The second-order valence-electron chi connectivity index (χ2n) is 5.63. The maximum Gasteiger partial charge on any atom is 0.252 e. The van der Waals surface area contributed by atoms with Crippen molar-refractivity contribution in [1.29, 1.82) is 0 Å². The van der Waals surface area contributed by atoms with Crippen LogP contribution < -0.4 is 5.32 Å². The molecule has 0 spiro atoms. The van der Waals surface area contributed by atoms with E-state index in [4.69, 9.17) is 0 Å². The number of nitrogens with one attached hydrogen (secondary N) is 1. The summed E-state index contributed by atoms with van der Waals surface area (Å²) in [5.74, 6) is -0.0777. The highest BCUT2D eigenvalue weighted by atomic mass is 32.2. The van der Waals surface area contributed by atoms with E-state index in [1.807, 2.05) is 51.3 Å². The summed E-state index contributed by atoms with van der Waals surface area (Å²) in [7, 11) is 0. The molecule has 0 aliphatic rings. The molecule has 1 atom stereocenters. The molecule has 3 nitrogen and oxygen atoms in total. The van der Waals surface area contributed by atoms with Crippen LogP contribution in [-0.2, 0) is 0 Å². The summed E-state index contributed by atoms with van der Waals surface area (Å²) >= 11 is 1.56. The quantitative estimate of drug-likeness (QED) is 0.816. The van der Waals surface area contributed by atoms with E-state index in [1.165, 1.54) is 0 Å². The van der Waals surface area contributed by atoms with Crippen LogP contribution >= 0.6 is 11.8 Å². The van der Waals surface area contributed by atoms with Gasteiger partial charge in [-0.3, -0.25) is 4.79 Å². The monoisotopic (exact) mass is 281 g/mol.